The molecule has 5 aromatic rings. The van der Waals surface area contributed by atoms with Crippen LogP contribution in [0, 0.1) is 6.92 Å². The molecule has 0 saturated carbocycles. The Labute approximate surface area is 316 Å². The van der Waals surface area contributed by atoms with Gasteiger partial charge in [0, 0.05) is 50.1 Å². The first-order chi connectivity index (χ1) is 26.3. The van der Waals surface area contributed by atoms with Gasteiger partial charge in [-0.1, -0.05) is 54.1 Å². The largest absolute Gasteiger partial charge is 0.490 e. The second-order valence-electron chi connectivity index (χ2n) is 14.0. The quantitative estimate of drug-likeness (QED) is 0.140. The number of nitrogens with zero attached hydrogens (tertiary/aromatic N) is 2. The first-order valence-corrected chi connectivity index (χ1v) is 18.7. The molecule has 5 aromatic carbocycles. The molecule has 2 fully saturated rings. The maximum Gasteiger partial charge on any atom is 0.335 e. The summed E-state index contributed by atoms with van der Waals surface area (Å²) in [5, 5.41) is 12.5. The van der Waals surface area contributed by atoms with Crippen molar-refractivity contribution >= 4 is 29.2 Å². The molecule has 2 aliphatic rings. The highest BCUT2D eigenvalue weighted by molar-refractivity contribution is 6.07. The minimum Gasteiger partial charge on any atom is -0.490 e. The van der Waals surface area contributed by atoms with E-state index in [1.165, 1.54) is 12.5 Å². The molecule has 276 valence electrons. The van der Waals surface area contributed by atoms with Crippen LogP contribution in [0.25, 0.3) is 11.1 Å². The Bertz CT molecular complexity index is 2070. The van der Waals surface area contributed by atoms with Gasteiger partial charge in [-0.3, -0.25) is 9.59 Å². The summed E-state index contributed by atoms with van der Waals surface area (Å²) in [5.74, 6) is 0.307. The lowest BCUT2D eigenvalue weighted by molar-refractivity contribution is 0.0594. The van der Waals surface area contributed by atoms with Gasteiger partial charge in [0.25, 0.3) is 11.8 Å². The van der Waals surface area contributed by atoms with Gasteiger partial charge in [-0.2, -0.15) is 0 Å². The van der Waals surface area contributed by atoms with E-state index in [9.17, 15) is 19.5 Å². The lowest BCUT2D eigenvalue weighted by atomic mass is 10.0. The van der Waals surface area contributed by atoms with Gasteiger partial charge in [0.2, 0.25) is 0 Å². The van der Waals surface area contributed by atoms with Crippen molar-refractivity contribution in [3.63, 3.8) is 0 Å². The average Bonchev–Trinajstić information content (AvgIpc) is 3.21. The molecule has 0 radical (unpaired) electrons. The van der Waals surface area contributed by atoms with Gasteiger partial charge < -0.3 is 29.7 Å². The molecule has 2 saturated heterocycles. The van der Waals surface area contributed by atoms with Crippen molar-refractivity contribution in [2.45, 2.75) is 51.7 Å². The molecular weight excluding hydrogens is 679 g/mol. The summed E-state index contributed by atoms with van der Waals surface area (Å²) in [4.78, 5) is 41.9. The van der Waals surface area contributed by atoms with E-state index >= 15 is 0 Å². The van der Waals surface area contributed by atoms with Crippen LogP contribution in [0.3, 0.4) is 0 Å². The lowest BCUT2D eigenvalue weighted by Gasteiger charge is -2.32. The van der Waals surface area contributed by atoms with Crippen LogP contribution in [0.2, 0.25) is 0 Å². The Balaban J connectivity index is 0.886. The van der Waals surface area contributed by atoms with Crippen molar-refractivity contribution in [2.24, 2.45) is 0 Å². The van der Waals surface area contributed by atoms with Crippen molar-refractivity contribution in [1.29, 1.82) is 0 Å². The fourth-order valence-corrected chi connectivity index (χ4v) is 7.01. The highest BCUT2D eigenvalue weighted by Gasteiger charge is 2.25. The molecule has 0 aromatic heterocycles. The molecule has 9 heteroatoms. The molecule has 2 N–H and O–H groups in total. The van der Waals surface area contributed by atoms with Gasteiger partial charge in [-0.25, -0.2) is 4.79 Å². The molecule has 2 heterocycles. The molecule has 2 aliphatic heterocycles. The van der Waals surface area contributed by atoms with E-state index in [1.807, 2.05) is 96.8 Å². The van der Waals surface area contributed by atoms with E-state index in [0.717, 1.165) is 83.8 Å². The topological polar surface area (TPSA) is 108 Å². The number of carboxylic acids is 1. The molecule has 0 unspecified atom stereocenters. The van der Waals surface area contributed by atoms with E-state index in [4.69, 9.17) is 9.47 Å². The van der Waals surface area contributed by atoms with Gasteiger partial charge >= 0.3 is 5.97 Å². The third-order valence-corrected chi connectivity index (χ3v) is 10.2. The van der Waals surface area contributed by atoms with Gasteiger partial charge in [0.05, 0.1) is 16.9 Å². The Morgan fingerprint density at radius 3 is 1.93 bits per heavy atom. The van der Waals surface area contributed by atoms with Gasteiger partial charge in [0.15, 0.2) is 0 Å². The zero-order chi connectivity index (χ0) is 37.4. The number of rotatable bonds is 11. The number of aryl methyl sites for hydroxylation is 1. The van der Waals surface area contributed by atoms with Crippen LogP contribution in [-0.2, 0) is 6.61 Å². The van der Waals surface area contributed by atoms with Gasteiger partial charge in [0.1, 0.15) is 24.2 Å². The number of likely N-dealkylation sites (tertiary alicyclic amines) is 1. The molecule has 0 spiro atoms. The normalized spacial score (nSPS) is 14.7. The van der Waals surface area contributed by atoms with Crippen LogP contribution in [0.5, 0.6) is 11.5 Å². The monoisotopic (exact) mass is 723 g/mol. The minimum atomic E-state index is -1.03. The zero-order valence-corrected chi connectivity index (χ0v) is 30.5. The van der Waals surface area contributed by atoms with Crippen LogP contribution >= 0.6 is 0 Å². The fourth-order valence-electron chi connectivity index (χ4n) is 7.01. The third-order valence-electron chi connectivity index (χ3n) is 10.2. The standard InChI is InChI=1S/C45H45N3O6/c1-31-5-9-36(10-6-31)44(50)48-27-23-40(24-28-48)54-39-18-7-32(8-19-39)30-53-38-20-15-34(16-21-38)33-11-13-35(14-12-33)43(49)46-41-29-37(45(51)52)17-22-42(41)47-25-3-2-4-26-47/h5-22,29,40H,2-4,23-28,30H2,1H3,(H,46,49)(H,51,52). The number of aromatic carboxylic acids is 1. The molecule has 9 nitrogen and oxygen atoms in total. The molecule has 54 heavy (non-hydrogen) atoms. The third kappa shape index (κ3) is 8.92. The lowest BCUT2D eigenvalue weighted by Crippen LogP contribution is -2.41. The first-order valence-electron chi connectivity index (χ1n) is 18.7. The highest BCUT2D eigenvalue weighted by Crippen LogP contribution is 2.31. The number of carboxylic acid groups (broad SMARTS) is 1. The van der Waals surface area contributed by atoms with Crippen molar-refractivity contribution in [2.75, 3.05) is 36.4 Å². The van der Waals surface area contributed by atoms with Crippen molar-refractivity contribution < 1.29 is 29.0 Å². The number of ether oxygens (including phenoxy) is 2. The summed E-state index contributed by atoms with van der Waals surface area (Å²) in [7, 11) is 0. The summed E-state index contributed by atoms with van der Waals surface area (Å²) in [6.07, 6.45) is 4.96. The Hall–Kier alpha value is -6.09. The number of hydrogen-bond acceptors (Lipinski definition) is 6. The van der Waals surface area contributed by atoms with Gasteiger partial charge in [-0.05, 0) is 110 Å². The molecule has 2 amide bonds. The SMILES string of the molecule is Cc1ccc(C(=O)N2CCC(Oc3ccc(COc4ccc(-c5ccc(C(=O)Nc6cc(C(=O)O)ccc6N6CCCCC6)cc5)cc4)cc3)CC2)cc1. The fraction of sp³-hybridized carbons (Fsp3) is 0.267. The number of nitrogens with one attached hydrogen (secondary N) is 1. The summed E-state index contributed by atoms with van der Waals surface area (Å²) < 4.78 is 12.3. The maximum absolute atomic E-state index is 13.3. The number of benzene rings is 5. The molecule has 0 bridgehead atoms. The van der Waals surface area contributed by atoms with Crippen LogP contribution in [-0.4, -0.2) is 60.1 Å². The van der Waals surface area contributed by atoms with E-state index in [1.54, 1.807) is 24.3 Å². The molecular formula is C45H45N3O6. The molecule has 0 atom stereocenters. The highest BCUT2D eigenvalue weighted by atomic mass is 16.5. The van der Waals surface area contributed by atoms with Crippen molar-refractivity contribution in [3.8, 4) is 22.6 Å². The maximum atomic E-state index is 13.3. The summed E-state index contributed by atoms with van der Waals surface area (Å²) >= 11 is 0. The smallest absolute Gasteiger partial charge is 0.335 e. The van der Waals surface area contributed by atoms with Crippen LogP contribution in [0.1, 0.15) is 74.3 Å². The number of carbonyl (C=O) groups excluding carboxylic acids is 2. The summed E-state index contributed by atoms with van der Waals surface area (Å²) in [6, 6.07) is 35.8. The predicted molar refractivity (Wildman–Crippen MR) is 211 cm³/mol. The Morgan fingerprint density at radius 1 is 0.685 bits per heavy atom. The molecule has 0 aliphatic carbocycles. The summed E-state index contributed by atoms with van der Waals surface area (Å²) in [5.41, 5.74) is 6.81. The zero-order valence-electron chi connectivity index (χ0n) is 30.5. The van der Waals surface area contributed by atoms with Crippen LogP contribution in [0.15, 0.2) is 115 Å². The summed E-state index contributed by atoms with van der Waals surface area (Å²) in [6.45, 7) is 5.54. The number of piperidine rings is 2. The number of carbonyl (C=O) groups is 3. The number of amides is 2. The van der Waals surface area contributed by atoms with E-state index < -0.39 is 5.97 Å². The van der Waals surface area contributed by atoms with Crippen LogP contribution in [0.4, 0.5) is 11.4 Å². The Morgan fingerprint density at radius 2 is 1.28 bits per heavy atom. The van der Waals surface area contributed by atoms with Crippen LogP contribution < -0.4 is 19.7 Å². The Kier molecular flexibility index (Phi) is 11.2. The van der Waals surface area contributed by atoms with E-state index in [-0.39, 0.29) is 23.5 Å². The van der Waals surface area contributed by atoms with Gasteiger partial charge in [-0.15, -0.1) is 0 Å². The predicted octanol–water partition coefficient (Wildman–Crippen LogP) is 8.87. The van der Waals surface area contributed by atoms with Crippen molar-refractivity contribution in [3.05, 3.63) is 143 Å². The minimum absolute atomic E-state index is 0.0711. The number of anilines is 2. The molecule has 7 rings (SSSR count). The second-order valence-corrected chi connectivity index (χ2v) is 14.0. The van der Waals surface area contributed by atoms with Crippen molar-refractivity contribution in [1.82, 2.24) is 4.90 Å². The first kappa shape index (κ1) is 36.3. The second kappa shape index (κ2) is 16.7. The average molecular weight is 724 g/mol. The number of hydrogen-bond donors (Lipinski definition) is 2. The van der Waals surface area contributed by atoms with E-state index in [0.29, 0.717) is 30.9 Å². The van der Waals surface area contributed by atoms with E-state index in [2.05, 4.69) is 10.2 Å².